The number of carboxylic acids is 1. The molecule has 0 bridgehead atoms. The highest BCUT2D eigenvalue weighted by molar-refractivity contribution is 8.93. The first-order chi connectivity index (χ1) is 6.16. The molecule has 0 amide bonds. The maximum Gasteiger partial charge on any atom is 0.353 e. The van der Waals surface area contributed by atoms with Crippen LogP contribution in [0.1, 0.15) is 10.5 Å². The number of pyridine rings is 1. The van der Waals surface area contributed by atoms with Crippen molar-refractivity contribution in [2.24, 2.45) is 0 Å². The summed E-state index contributed by atoms with van der Waals surface area (Å²) in [6, 6.07) is 2.71. The summed E-state index contributed by atoms with van der Waals surface area (Å²) in [6.45, 7) is 0. The van der Waals surface area contributed by atoms with Crippen LogP contribution in [-0.2, 0) is 0 Å². The summed E-state index contributed by atoms with van der Waals surface area (Å²) < 4.78 is 1.55. The summed E-state index contributed by atoms with van der Waals surface area (Å²) in [4.78, 5) is 24.0. The van der Waals surface area contributed by atoms with Crippen LogP contribution in [-0.4, -0.2) is 20.5 Å². The van der Waals surface area contributed by atoms with Crippen LogP contribution in [0.25, 0.3) is 5.65 Å². The van der Waals surface area contributed by atoms with E-state index in [4.69, 9.17) is 5.11 Å². The van der Waals surface area contributed by atoms with Gasteiger partial charge in [-0.05, 0) is 0 Å². The van der Waals surface area contributed by atoms with Gasteiger partial charge in [-0.15, -0.1) is 17.0 Å². The molecule has 0 unspecified atom stereocenters. The number of H-pyrrole nitrogens is 1. The molecule has 2 aromatic rings. The molecule has 2 aromatic heterocycles. The largest absolute Gasteiger partial charge is 0.477 e. The number of aromatic carboxylic acids is 1. The van der Waals surface area contributed by atoms with Gasteiger partial charge in [0.15, 0.2) is 5.43 Å². The Morgan fingerprint density at radius 3 is 2.86 bits per heavy atom. The molecule has 0 saturated carbocycles. The van der Waals surface area contributed by atoms with Crippen molar-refractivity contribution < 1.29 is 9.90 Å². The smallest absolute Gasteiger partial charge is 0.353 e. The molecule has 14 heavy (non-hydrogen) atoms. The molecule has 2 heterocycles. The Labute approximate surface area is 88.8 Å². The first kappa shape index (κ1) is 10.5. The lowest BCUT2D eigenvalue weighted by Gasteiger charge is -1.87. The Hall–Kier alpha value is -1.56. The predicted molar refractivity (Wildman–Crippen MR) is 55.3 cm³/mol. The van der Waals surface area contributed by atoms with Crippen LogP contribution >= 0.6 is 17.0 Å². The van der Waals surface area contributed by atoms with Crippen molar-refractivity contribution in [1.29, 1.82) is 0 Å². The molecule has 0 aromatic carbocycles. The van der Waals surface area contributed by atoms with Gasteiger partial charge in [0, 0.05) is 24.5 Å². The minimum Gasteiger partial charge on any atom is -0.477 e. The zero-order valence-corrected chi connectivity index (χ0v) is 8.64. The van der Waals surface area contributed by atoms with E-state index in [1.165, 1.54) is 24.5 Å². The lowest BCUT2D eigenvalue weighted by Crippen LogP contribution is -1.97. The van der Waals surface area contributed by atoms with E-state index in [0.29, 0.717) is 5.65 Å². The normalized spacial score (nSPS) is 9.71. The summed E-state index contributed by atoms with van der Waals surface area (Å²) in [5.41, 5.74) is 0.384. The Morgan fingerprint density at radius 2 is 2.21 bits per heavy atom. The van der Waals surface area contributed by atoms with Gasteiger partial charge in [-0.1, -0.05) is 0 Å². The summed E-state index contributed by atoms with van der Waals surface area (Å²) in [5.74, 6) is -1.05. The fraction of sp³-hybridized carbons (Fsp3) is 0. The summed E-state index contributed by atoms with van der Waals surface area (Å²) >= 11 is 0. The van der Waals surface area contributed by atoms with Crippen molar-refractivity contribution in [3.05, 3.63) is 40.4 Å². The molecule has 2 N–H and O–H groups in total. The van der Waals surface area contributed by atoms with Gasteiger partial charge < -0.3 is 14.5 Å². The number of aromatic amines is 1. The van der Waals surface area contributed by atoms with Crippen LogP contribution < -0.4 is 5.43 Å². The molecule has 0 aliphatic heterocycles. The van der Waals surface area contributed by atoms with Gasteiger partial charge in [-0.25, -0.2) is 4.79 Å². The van der Waals surface area contributed by atoms with Crippen molar-refractivity contribution >= 4 is 28.6 Å². The molecule has 0 saturated heterocycles. The highest BCUT2D eigenvalue weighted by Gasteiger charge is 2.05. The van der Waals surface area contributed by atoms with Crippen LogP contribution in [0.2, 0.25) is 0 Å². The second-order valence-electron chi connectivity index (χ2n) is 2.63. The highest BCUT2D eigenvalue weighted by atomic mass is 79.9. The number of nitrogens with one attached hydrogen (secondary N) is 1. The first-order valence-corrected chi connectivity index (χ1v) is 3.61. The highest BCUT2D eigenvalue weighted by Crippen LogP contribution is 2.01. The number of fused-ring (bicyclic) bond motifs is 1. The average molecular weight is 259 g/mol. The molecule has 0 aliphatic carbocycles. The van der Waals surface area contributed by atoms with E-state index < -0.39 is 5.97 Å². The third-order valence-corrected chi connectivity index (χ3v) is 1.72. The summed E-state index contributed by atoms with van der Waals surface area (Å²) in [5, 5.41) is 8.63. The second kappa shape index (κ2) is 3.67. The SMILES string of the molecule is Br.O=C(O)c1cn2ccc(=O)cc2[nH]1. The van der Waals surface area contributed by atoms with Crippen LogP contribution in [0.5, 0.6) is 0 Å². The minimum absolute atomic E-state index is 0. The standard InChI is InChI=1S/C8H6N2O3.BrH/c11-5-1-2-10-4-6(8(12)13)9-7(10)3-5;/h1-4,9H,(H,12,13);1H. The Balaban J connectivity index is 0.000000980. The molecule has 6 heteroatoms. The second-order valence-corrected chi connectivity index (χ2v) is 2.63. The molecular weight excluding hydrogens is 252 g/mol. The Morgan fingerprint density at radius 1 is 1.50 bits per heavy atom. The fourth-order valence-electron chi connectivity index (χ4n) is 1.12. The van der Waals surface area contributed by atoms with Crippen LogP contribution in [0.4, 0.5) is 0 Å². The van der Waals surface area contributed by atoms with Crippen LogP contribution in [0.3, 0.4) is 0 Å². The molecule has 0 aliphatic rings. The number of nitrogens with zero attached hydrogens (tertiary/aromatic N) is 1. The molecule has 0 radical (unpaired) electrons. The number of halogens is 1. The lowest BCUT2D eigenvalue weighted by atomic mass is 10.5. The number of imidazole rings is 1. The van der Waals surface area contributed by atoms with Crippen molar-refractivity contribution in [1.82, 2.24) is 9.38 Å². The third kappa shape index (κ3) is 1.69. The number of hydrogen-bond donors (Lipinski definition) is 2. The molecular formula is C8H7BrN2O3. The van der Waals surface area contributed by atoms with E-state index >= 15 is 0 Å². The van der Waals surface area contributed by atoms with Gasteiger partial charge in [0.05, 0.1) is 0 Å². The number of rotatable bonds is 1. The predicted octanol–water partition coefficient (Wildman–Crippen LogP) is 0.904. The summed E-state index contributed by atoms with van der Waals surface area (Å²) in [6.07, 6.45) is 2.93. The molecule has 0 spiro atoms. The first-order valence-electron chi connectivity index (χ1n) is 3.61. The number of aromatic nitrogens is 2. The van der Waals surface area contributed by atoms with E-state index in [-0.39, 0.29) is 28.1 Å². The van der Waals surface area contributed by atoms with E-state index in [0.717, 1.165) is 0 Å². The Kier molecular flexibility index (Phi) is 2.76. The van der Waals surface area contributed by atoms with Gasteiger partial charge in [0.2, 0.25) is 0 Å². The van der Waals surface area contributed by atoms with Gasteiger partial charge in [0.25, 0.3) is 0 Å². The average Bonchev–Trinajstić information content (AvgIpc) is 2.46. The van der Waals surface area contributed by atoms with Gasteiger partial charge in [-0.2, -0.15) is 0 Å². The molecule has 0 atom stereocenters. The molecule has 0 fully saturated rings. The molecule has 2 rings (SSSR count). The summed E-state index contributed by atoms with van der Waals surface area (Å²) in [7, 11) is 0. The van der Waals surface area contributed by atoms with Gasteiger partial charge in [-0.3, -0.25) is 4.79 Å². The lowest BCUT2D eigenvalue weighted by molar-refractivity contribution is 0.0691. The number of hydrogen-bond acceptors (Lipinski definition) is 2. The maximum atomic E-state index is 10.9. The van der Waals surface area contributed by atoms with Crippen molar-refractivity contribution in [2.45, 2.75) is 0 Å². The van der Waals surface area contributed by atoms with Gasteiger partial charge >= 0.3 is 5.97 Å². The van der Waals surface area contributed by atoms with E-state index in [1.54, 1.807) is 4.40 Å². The van der Waals surface area contributed by atoms with Crippen LogP contribution in [0, 0.1) is 0 Å². The van der Waals surface area contributed by atoms with E-state index in [2.05, 4.69) is 4.98 Å². The van der Waals surface area contributed by atoms with Crippen LogP contribution in [0.15, 0.2) is 29.3 Å². The van der Waals surface area contributed by atoms with Gasteiger partial charge in [0.1, 0.15) is 11.3 Å². The zero-order chi connectivity index (χ0) is 9.42. The van der Waals surface area contributed by atoms with Crippen molar-refractivity contribution in [3.8, 4) is 0 Å². The quantitative estimate of drug-likeness (QED) is 0.799. The monoisotopic (exact) mass is 258 g/mol. The number of carbonyl (C=O) groups is 1. The minimum atomic E-state index is -1.05. The van der Waals surface area contributed by atoms with E-state index in [9.17, 15) is 9.59 Å². The zero-order valence-electron chi connectivity index (χ0n) is 6.93. The Bertz CT molecular complexity index is 529. The maximum absolute atomic E-state index is 10.9. The fourth-order valence-corrected chi connectivity index (χ4v) is 1.12. The van der Waals surface area contributed by atoms with Crippen molar-refractivity contribution in [3.63, 3.8) is 0 Å². The van der Waals surface area contributed by atoms with Crippen molar-refractivity contribution in [2.75, 3.05) is 0 Å². The molecule has 74 valence electrons. The third-order valence-electron chi connectivity index (χ3n) is 1.72. The topological polar surface area (TPSA) is 74.6 Å². The van der Waals surface area contributed by atoms with E-state index in [1.807, 2.05) is 0 Å². The molecule has 5 nitrogen and oxygen atoms in total. The number of carboxylic acid groups (broad SMARTS) is 1.